The Bertz CT molecular complexity index is 605. The van der Waals surface area contributed by atoms with Gasteiger partial charge >= 0.3 is 0 Å². The summed E-state index contributed by atoms with van der Waals surface area (Å²) in [6.45, 7) is 1.76. The number of nitrogens with one attached hydrogen (secondary N) is 2. The van der Waals surface area contributed by atoms with Crippen molar-refractivity contribution in [2.45, 2.75) is 38.1 Å². The Hall–Kier alpha value is -1.30. The van der Waals surface area contributed by atoms with Crippen LogP contribution in [0.3, 0.4) is 0 Å². The average molecular weight is 358 g/mol. The maximum absolute atomic E-state index is 12.3. The van der Waals surface area contributed by atoms with Gasteiger partial charge in [-0.1, -0.05) is 36.0 Å². The summed E-state index contributed by atoms with van der Waals surface area (Å²) < 4.78 is 0. The molecule has 1 aliphatic carbocycles. The summed E-state index contributed by atoms with van der Waals surface area (Å²) in [5, 5.41) is 6.14. The number of anilines is 1. The van der Waals surface area contributed by atoms with Crippen molar-refractivity contribution < 1.29 is 9.59 Å². The molecule has 2 rings (SSSR count). The van der Waals surface area contributed by atoms with Gasteiger partial charge in [-0.15, -0.1) is 0 Å². The highest BCUT2D eigenvalue weighted by atomic mass is 35.5. The molecule has 0 bridgehead atoms. The second kappa shape index (κ2) is 7.51. The van der Waals surface area contributed by atoms with Gasteiger partial charge in [0.1, 0.15) is 0 Å². The highest BCUT2D eigenvalue weighted by Crippen LogP contribution is 2.31. The first kappa shape index (κ1) is 18.0. The second-order valence-electron chi connectivity index (χ2n) is 6.19. The third kappa shape index (κ3) is 4.83. The molecule has 0 aliphatic heterocycles. The zero-order valence-electron chi connectivity index (χ0n) is 13.0. The van der Waals surface area contributed by atoms with Crippen molar-refractivity contribution in [3.63, 3.8) is 0 Å². The van der Waals surface area contributed by atoms with E-state index in [1.54, 1.807) is 18.2 Å². The van der Waals surface area contributed by atoms with E-state index < -0.39 is 5.54 Å². The van der Waals surface area contributed by atoms with Gasteiger partial charge in [-0.05, 0) is 38.0 Å². The zero-order valence-corrected chi connectivity index (χ0v) is 14.5. The van der Waals surface area contributed by atoms with E-state index in [0.717, 1.165) is 25.7 Å². The monoisotopic (exact) mass is 357 g/mol. The van der Waals surface area contributed by atoms with Crippen LogP contribution in [0, 0.1) is 5.92 Å². The molecule has 2 atom stereocenters. The number of hydrogen-bond acceptors (Lipinski definition) is 3. The standard InChI is InChI=1S/C16H21Cl2N3O2/c1-16(19)7-3-2-4-11(16)15(23)20-9-14(22)21-13-8-10(17)5-6-12(13)18/h5-6,8,11H,2-4,7,9,19H2,1H3,(H,20,23)(H,21,22). The largest absolute Gasteiger partial charge is 0.347 e. The molecule has 0 spiro atoms. The van der Waals surface area contributed by atoms with Crippen LogP contribution in [0.5, 0.6) is 0 Å². The van der Waals surface area contributed by atoms with Crippen LogP contribution in [0.4, 0.5) is 5.69 Å². The second-order valence-corrected chi connectivity index (χ2v) is 7.04. The fraction of sp³-hybridized carbons (Fsp3) is 0.500. The topological polar surface area (TPSA) is 84.2 Å². The molecule has 0 heterocycles. The number of amides is 2. The minimum absolute atomic E-state index is 0.131. The summed E-state index contributed by atoms with van der Waals surface area (Å²) in [5.74, 6) is -0.808. The van der Waals surface area contributed by atoms with Crippen LogP contribution in [0.2, 0.25) is 10.0 Å². The van der Waals surface area contributed by atoms with Crippen LogP contribution in [0.25, 0.3) is 0 Å². The summed E-state index contributed by atoms with van der Waals surface area (Å²) in [5.41, 5.74) is 6.09. The van der Waals surface area contributed by atoms with Gasteiger partial charge in [-0.25, -0.2) is 0 Å². The Balaban J connectivity index is 1.89. The maximum Gasteiger partial charge on any atom is 0.243 e. The Kier molecular flexibility index (Phi) is 5.89. The van der Waals surface area contributed by atoms with Crippen LogP contribution in [0.1, 0.15) is 32.6 Å². The van der Waals surface area contributed by atoms with E-state index >= 15 is 0 Å². The van der Waals surface area contributed by atoms with Crippen molar-refractivity contribution in [2.24, 2.45) is 11.7 Å². The van der Waals surface area contributed by atoms with Crippen LogP contribution in [-0.4, -0.2) is 23.9 Å². The van der Waals surface area contributed by atoms with Gasteiger partial charge in [0.15, 0.2) is 0 Å². The smallest absolute Gasteiger partial charge is 0.243 e. The van der Waals surface area contributed by atoms with E-state index in [0.29, 0.717) is 15.7 Å². The number of nitrogens with two attached hydrogens (primary N) is 1. The molecular formula is C16H21Cl2N3O2. The average Bonchev–Trinajstić information content (AvgIpc) is 2.48. The van der Waals surface area contributed by atoms with E-state index in [2.05, 4.69) is 10.6 Å². The van der Waals surface area contributed by atoms with E-state index in [-0.39, 0.29) is 24.3 Å². The van der Waals surface area contributed by atoms with Crippen molar-refractivity contribution in [3.05, 3.63) is 28.2 Å². The molecule has 1 aliphatic rings. The third-order valence-corrected chi connectivity index (χ3v) is 4.76. The van der Waals surface area contributed by atoms with Crippen molar-refractivity contribution in [2.75, 3.05) is 11.9 Å². The van der Waals surface area contributed by atoms with Crippen molar-refractivity contribution in [3.8, 4) is 0 Å². The molecule has 0 aromatic heterocycles. The molecule has 1 fully saturated rings. The normalized spacial score (nSPS) is 24.1. The minimum atomic E-state index is -0.519. The van der Waals surface area contributed by atoms with Crippen LogP contribution >= 0.6 is 23.2 Å². The highest BCUT2D eigenvalue weighted by Gasteiger charge is 2.37. The van der Waals surface area contributed by atoms with Gasteiger partial charge < -0.3 is 16.4 Å². The first-order valence-electron chi connectivity index (χ1n) is 7.61. The molecular weight excluding hydrogens is 337 g/mol. The minimum Gasteiger partial charge on any atom is -0.347 e. The number of halogens is 2. The molecule has 7 heteroatoms. The Morgan fingerprint density at radius 2 is 2.09 bits per heavy atom. The molecule has 2 amide bonds. The van der Waals surface area contributed by atoms with Gasteiger partial charge in [0.25, 0.3) is 0 Å². The number of hydrogen-bond donors (Lipinski definition) is 3. The first-order chi connectivity index (χ1) is 10.8. The lowest BCUT2D eigenvalue weighted by molar-refractivity contribution is -0.130. The fourth-order valence-electron chi connectivity index (χ4n) is 2.87. The quantitative estimate of drug-likeness (QED) is 0.774. The summed E-state index contributed by atoms with van der Waals surface area (Å²) >= 11 is 11.9. The van der Waals surface area contributed by atoms with Crippen LogP contribution < -0.4 is 16.4 Å². The third-order valence-electron chi connectivity index (χ3n) is 4.20. The lowest BCUT2D eigenvalue weighted by atomic mass is 9.74. The van der Waals surface area contributed by atoms with Gasteiger partial charge in [0.05, 0.1) is 23.2 Å². The van der Waals surface area contributed by atoms with Gasteiger partial charge in [-0.2, -0.15) is 0 Å². The number of carbonyl (C=O) groups is 2. The Labute approximate surface area is 145 Å². The predicted octanol–water partition coefficient (Wildman–Crippen LogP) is 2.96. The highest BCUT2D eigenvalue weighted by molar-refractivity contribution is 6.35. The molecule has 1 aromatic carbocycles. The zero-order chi connectivity index (χ0) is 17.0. The van der Waals surface area contributed by atoms with Gasteiger partial charge in [0.2, 0.25) is 11.8 Å². The van der Waals surface area contributed by atoms with E-state index in [9.17, 15) is 9.59 Å². The van der Waals surface area contributed by atoms with Gasteiger partial charge in [0, 0.05) is 10.6 Å². The molecule has 2 unspecified atom stereocenters. The summed E-state index contributed by atoms with van der Waals surface area (Å²) in [6.07, 6.45) is 3.58. The molecule has 1 aromatic rings. The molecule has 5 nitrogen and oxygen atoms in total. The van der Waals surface area contributed by atoms with Crippen molar-refractivity contribution >= 4 is 40.7 Å². The lowest BCUT2D eigenvalue weighted by Crippen LogP contribution is -2.53. The SMILES string of the molecule is CC1(N)CCCCC1C(=O)NCC(=O)Nc1cc(Cl)ccc1Cl. The molecule has 1 saturated carbocycles. The summed E-state index contributed by atoms with van der Waals surface area (Å²) in [4.78, 5) is 24.2. The summed E-state index contributed by atoms with van der Waals surface area (Å²) in [7, 11) is 0. The van der Waals surface area contributed by atoms with Gasteiger partial charge in [-0.3, -0.25) is 9.59 Å². The Morgan fingerprint density at radius 1 is 1.35 bits per heavy atom. The van der Waals surface area contributed by atoms with E-state index in [1.807, 2.05) is 6.92 Å². The lowest BCUT2D eigenvalue weighted by Gasteiger charge is -2.37. The number of carbonyl (C=O) groups excluding carboxylic acids is 2. The molecule has 0 saturated heterocycles. The van der Waals surface area contributed by atoms with Crippen molar-refractivity contribution in [1.82, 2.24) is 5.32 Å². The molecule has 126 valence electrons. The molecule has 4 N–H and O–H groups in total. The van der Waals surface area contributed by atoms with Crippen LogP contribution in [-0.2, 0) is 9.59 Å². The van der Waals surface area contributed by atoms with E-state index in [4.69, 9.17) is 28.9 Å². The first-order valence-corrected chi connectivity index (χ1v) is 8.37. The van der Waals surface area contributed by atoms with Crippen molar-refractivity contribution in [1.29, 1.82) is 0 Å². The number of rotatable bonds is 4. The number of benzene rings is 1. The molecule has 23 heavy (non-hydrogen) atoms. The van der Waals surface area contributed by atoms with Crippen LogP contribution in [0.15, 0.2) is 18.2 Å². The Morgan fingerprint density at radius 3 is 2.78 bits per heavy atom. The molecule has 0 radical (unpaired) electrons. The fourth-order valence-corrected chi connectivity index (χ4v) is 3.20. The summed E-state index contributed by atoms with van der Waals surface area (Å²) in [6, 6.07) is 4.79. The predicted molar refractivity (Wildman–Crippen MR) is 92.7 cm³/mol. The van der Waals surface area contributed by atoms with E-state index in [1.165, 1.54) is 0 Å². The maximum atomic E-state index is 12.3.